The van der Waals surface area contributed by atoms with Gasteiger partial charge in [0.05, 0.1) is 19.3 Å². The summed E-state index contributed by atoms with van der Waals surface area (Å²) in [6, 6.07) is 9.59. The number of aromatic nitrogens is 5. The molecule has 2 aromatic carbocycles. The first-order valence-electron chi connectivity index (χ1n) is 12.6. The lowest BCUT2D eigenvalue weighted by Crippen LogP contribution is -2.18. The number of nitrogens with two attached hydrogens (primary N) is 1. The smallest absolute Gasteiger partial charge is 0.350 e. The second-order valence-corrected chi connectivity index (χ2v) is 9.09. The van der Waals surface area contributed by atoms with Crippen molar-refractivity contribution in [2.45, 2.75) is 32.2 Å². The highest BCUT2D eigenvalue weighted by atomic mass is 16.5. The Hall–Kier alpha value is -5.20. The lowest BCUT2D eigenvalue weighted by Gasteiger charge is -2.22. The molecule has 13 nitrogen and oxygen atoms in total. The fourth-order valence-electron chi connectivity index (χ4n) is 4.50. The Kier molecular flexibility index (Phi) is 7.44. The van der Waals surface area contributed by atoms with Crippen molar-refractivity contribution in [3.63, 3.8) is 0 Å². The van der Waals surface area contributed by atoms with Gasteiger partial charge in [-0.1, -0.05) is 0 Å². The normalized spacial score (nSPS) is 13.3. The fraction of sp³-hybridized carbons (Fsp3) is 0.259. The fourth-order valence-corrected chi connectivity index (χ4v) is 4.50. The van der Waals surface area contributed by atoms with Crippen LogP contribution in [0, 0.1) is 5.41 Å². The second kappa shape index (κ2) is 11.3. The summed E-state index contributed by atoms with van der Waals surface area (Å²) in [6.45, 7) is 1.86. The van der Waals surface area contributed by atoms with Crippen LogP contribution < -0.4 is 31.0 Å². The first-order valence-corrected chi connectivity index (χ1v) is 12.6. The van der Waals surface area contributed by atoms with Crippen molar-refractivity contribution in [3.05, 3.63) is 81.8 Å². The van der Waals surface area contributed by atoms with E-state index in [0.717, 1.165) is 35.1 Å². The number of methoxy groups -OCH3 is 1. The quantitative estimate of drug-likeness (QED) is 0.111. The molecule has 0 bridgehead atoms. The van der Waals surface area contributed by atoms with Gasteiger partial charge in [0, 0.05) is 31.1 Å². The molecule has 0 saturated heterocycles. The average Bonchev–Trinajstić information content (AvgIpc) is 3.16. The summed E-state index contributed by atoms with van der Waals surface area (Å²) in [5.74, 6) is 0.958. The van der Waals surface area contributed by atoms with Crippen LogP contribution in [0.15, 0.2) is 53.6 Å². The molecule has 4 aromatic rings. The zero-order chi connectivity index (χ0) is 28.2. The molecule has 40 heavy (non-hydrogen) atoms. The van der Waals surface area contributed by atoms with Gasteiger partial charge in [-0.05, 0) is 60.7 Å². The van der Waals surface area contributed by atoms with E-state index in [1.165, 1.54) is 19.3 Å². The van der Waals surface area contributed by atoms with E-state index >= 15 is 0 Å². The molecule has 0 amide bonds. The molecule has 1 aliphatic heterocycles. The van der Waals surface area contributed by atoms with Crippen molar-refractivity contribution in [1.29, 1.82) is 5.41 Å². The maximum absolute atomic E-state index is 12.9. The molecule has 3 heterocycles. The molecule has 5 N–H and O–H groups in total. The van der Waals surface area contributed by atoms with Crippen molar-refractivity contribution >= 4 is 17.5 Å². The predicted octanol–water partition coefficient (Wildman–Crippen LogP) is 2.49. The largest absolute Gasteiger partial charge is 0.493 e. The summed E-state index contributed by atoms with van der Waals surface area (Å²) >= 11 is 0. The molecule has 13 heteroatoms. The molecule has 2 aromatic heterocycles. The number of aryl methyl sites for hydroxylation is 1. The van der Waals surface area contributed by atoms with Gasteiger partial charge in [-0.15, -0.1) is 9.78 Å². The molecular weight excluding hydrogens is 516 g/mol. The molecule has 0 saturated carbocycles. The number of aromatic amines is 1. The maximum atomic E-state index is 12.9. The molecule has 1 atom stereocenters. The second-order valence-electron chi connectivity index (χ2n) is 9.09. The van der Waals surface area contributed by atoms with E-state index in [0.29, 0.717) is 23.8 Å². The summed E-state index contributed by atoms with van der Waals surface area (Å²) in [5, 5.41) is 15.7. The number of nitrogen functional groups attached to an aromatic ring is 1. The van der Waals surface area contributed by atoms with Crippen LogP contribution in [0.2, 0.25) is 0 Å². The van der Waals surface area contributed by atoms with Crippen LogP contribution in [0.25, 0.3) is 5.95 Å². The monoisotopic (exact) mass is 544 g/mol. The molecule has 0 radical (unpaired) electrons. The minimum atomic E-state index is -0.700. The number of hydrogen-bond acceptors (Lipinski definition) is 10. The van der Waals surface area contributed by atoms with E-state index in [2.05, 4.69) is 25.4 Å². The zero-order valence-corrected chi connectivity index (χ0v) is 21.9. The highest BCUT2D eigenvalue weighted by Gasteiger charge is 2.25. The van der Waals surface area contributed by atoms with Crippen molar-refractivity contribution in [3.8, 4) is 23.2 Å². The number of ether oxygens (including phenoxy) is 3. The summed E-state index contributed by atoms with van der Waals surface area (Å²) in [4.78, 5) is 35.7. The summed E-state index contributed by atoms with van der Waals surface area (Å²) in [7, 11) is 1.57. The van der Waals surface area contributed by atoms with E-state index < -0.39 is 17.7 Å². The Morgan fingerprint density at radius 1 is 1.20 bits per heavy atom. The zero-order valence-electron chi connectivity index (χ0n) is 21.9. The predicted molar refractivity (Wildman–Crippen MR) is 145 cm³/mol. The molecule has 5 rings (SSSR count). The molecule has 0 spiro atoms. The number of H-pyrrole nitrogens is 1. The third-order valence-corrected chi connectivity index (χ3v) is 6.28. The standard InChI is InChI=1S/C27H28N8O5/c1-15(36)40-20-14-18(7-8-19(20)24(28)29)32-22(25-33-27(37)35(34-25)26-30-9-5-10-31-26)17-12-16-6-3-4-11-39-23(16)21(13-17)38-2/h5,7-10,12-14,22,32H,3-4,6,11H2,1-2H3,(H3,28,29)(H,33,34,37)/t22-/m0/s1. The van der Waals surface area contributed by atoms with Crippen molar-refractivity contribution in [2.75, 3.05) is 19.0 Å². The average molecular weight is 545 g/mol. The molecule has 0 aliphatic carbocycles. The summed E-state index contributed by atoms with van der Waals surface area (Å²) in [6.07, 6.45) is 5.70. The van der Waals surface area contributed by atoms with E-state index in [1.807, 2.05) is 12.1 Å². The molecule has 206 valence electrons. The van der Waals surface area contributed by atoms with E-state index in [9.17, 15) is 9.59 Å². The van der Waals surface area contributed by atoms with E-state index in [4.69, 9.17) is 25.4 Å². The molecular formula is C27H28N8O5. The van der Waals surface area contributed by atoms with Gasteiger partial charge in [-0.2, -0.15) is 0 Å². The number of carbonyl (C=O) groups excluding carboxylic acids is 1. The minimum absolute atomic E-state index is 0.115. The Morgan fingerprint density at radius 3 is 2.73 bits per heavy atom. The van der Waals surface area contributed by atoms with Crippen LogP contribution in [0.5, 0.6) is 17.2 Å². The van der Waals surface area contributed by atoms with Crippen LogP contribution in [-0.2, 0) is 11.2 Å². The van der Waals surface area contributed by atoms with Gasteiger partial charge < -0.3 is 25.3 Å². The number of amidine groups is 1. The van der Waals surface area contributed by atoms with Crippen LogP contribution in [0.1, 0.15) is 48.3 Å². The number of carbonyl (C=O) groups is 1. The Bertz CT molecular complexity index is 1620. The van der Waals surface area contributed by atoms with Gasteiger partial charge in [0.1, 0.15) is 17.6 Å². The van der Waals surface area contributed by atoms with Crippen LogP contribution >= 0.6 is 0 Å². The number of fused-ring (bicyclic) bond motifs is 1. The topological polar surface area (TPSA) is 183 Å². The van der Waals surface area contributed by atoms with E-state index in [-0.39, 0.29) is 28.9 Å². The summed E-state index contributed by atoms with van der Waals surface area (Å²) < 4.78 is 18.1. The number of rotatable bonds is 8. The SMILES string of the molecule is COc1cc([C@H](Nc2ccc(C(=N)N)c(OC(C)=O)c2)c2nn(-c3ncccn3)c(=O)[nH]2)cc2c1OCCCC2. The minimum Gasteiger partial charge on any atom is -0.493 e. The van der Waals surface area contributed by atoms with Gasteiger partial charge in [-0.3, -0.25) is 15.2 Å². The highest BCUT2D eigenvalue weighted by Crippen LogP contribution is 2.39. The van der Waals surface area contributed by atoms with Gasteiger partial charge in [0.2, 0.25) is 0 Å². The third kappa shape index (κ3) is 5.48. The number of nitrogens with zero attached hydrogens (tertiary/aromatic N) is 4. The first-order chi connectivity index (χ1) is 19.3. The Morgan fingerprint density at radius 2 is 2.00 bits per heavy atom. The highest BCUT2D eigenvalue weighted by molar-refractivity contribution is 5.98. The number of anilines is 1. The Labute approximate surface area is 228 Å². The number of nitrogens with one attached hydrogen (secondary N) is 3. The van der Waals surface area contributed by atoms with Gasteiger partial charge in [-0.25, -0.2) is 14.8 Å². The lowest BCUT2D eigenvalue weighted by molar-refractivity contribution is -0.131. The van der Waals surface area contributed by atoms with Crippen molar-refractivity contribution in [1.82, 2.24) is 24.7 Å². The lowest BCUT2D eigenvalue weighted by atomic mass is 9.98. The molecule has 0 fully saturated rings. The van der Waals surface area contributed by atoms with Gasteiger partial charge >= 0.3 is 11.7 Å². The van der Waals surface area contributed by atoms with Crippen LogP contribution in [0.4, 0.5) is 5.69 Å². The number of benzene rings is 2. The van der Waals surface area contributed by atoms with Crippen LogP contribution in [-0.4, -0.2) is 50.3 Å². The van der Waals surface area contributed by atoms with E-state index in [1.54, 1.807) is 31.4 Å². The molecule has 1 aliphatic rings. The van der Waals surface area contributed by atoms with Crippen LogP contribution in [0.3, 0.4) is 0 Å². The van der Waals surface area contributed by atoms with Crippen molar-refractivity contribution < 1.29 is 19.0 Å². The third-order valence-electron chi connectivity index (χ3n) is 6.28. The first kappa shape index (κ1) is 26.4. The summed E-state index contributed by atoms with van der Waals surface area (Å²) in [5.41, 5.74) is 7.66. The van der Waals surface area contributed by atoms with Gasteiger partial charge in [0.25, 0.3) is 5.95 Å². The van der Waals surface area contributed by atoms with Crippen molar-refractivity contribution in [2.24, 2.45) is 5.73 Å². The number of hydrogen-bond donors (Lipinski definition) is 4. The van der Waals surface area contributed by atoms with Gasteiger partial charge in [0.15, 0.2) is 17.3 Å². The maximum Gasteiger partial charge on any atom is 0.350 e. The Balaban J connectivity index is 1.63. The molecule has 0 unspecified atom stereocenters. The number of esters is 1.